The highest BCUT2D eigenvalue weighted by Crippen LogP contribution is 2.42. The van der Waals surface area contributed by atoms with Crippen LogP contribution in [0.25, 0.3) is 0 Å². The summed E-state index contributed by atoms with van der Waals surface area (Å²) >= 11 is 1.67. The van der Waals surface area contributed by atoms with Crippen LogP contribution >= 0.6 is 11.8 Å². The van der Waals surface area contributed by atoms with Crippen molar-refractivity contribution >= 4 is 16.9 Å². The van der Waals surface area contributed by atoms with Crippen LogP contribution in [0.2, 0.25) is 0 Å². The van der Waals surface area contributed by atoms with E-state index in [2.05, 4.69) is 60.4 Å². The smallest absolute Gasteiger partial charge is 0.155 e. The third-order valence-electron chi connectivity index (χ3n) is 3.62. The van der Waals surface area contributed by atoms with Gasteiger partial charge in [-0.1, -0.05) is 71.9 Å². The average molecular weight is 282 g/mol. The van der Waals surface area contributed by atoms with Crippen LogP contribution in [-0.4, -0.2) is 5.17 Å². The van der Waals surface area contributed by atoms with Gasteiger partial charge in [-0.05, 0) is 24.5 Å². The molecular weight excluding hydrogens is 264 g/mol. The molecular formula is C17H18N2S. The molecule has 0 radical (unpaired) electrons. The Kier molecular flexibility index (Phi) is 3.79. The Labute approximate surface area is 124 Å². The predicted molar refractivity (Wildman–Crippen MR) is 86.9 cm³/mol. The summed E-state index contributed by atoms with van der Waals surface area (Å²) < 4.78 is 0. The molecule has 0 aliphatic carbocycles. The largest absolute Gasteiger partial charge is 0.379 e. The fourth-order valence-electron chi connectivity index (χ4n) is 2.50. The maximum Gasteiger partial charge on any atom is 0.155 e. The van der Waals surface area contributed by atoms with E-state index in [0.717, 1.165) is 6.42 Å². The number of nitrogens with zero attached hydrogens (tertiary/aromatic N) is 1. The van der Waals surface area contributed by atoms with E-state index in [1.165, 1.54) is 16.7 Å². The lowest BCUT2D eigenvalue weighted by Gasteiger charge is -2.26. The van der Waals surface area contributed by atoms with E-state index >= 15 is 0 Å². The van der Waals surface area contributed by atoms with Crippen LogP contribution < -0.4 is 5.73 Å². The van der Waals surface area contributed by atoms with E-state index in [4.69, 9.17) is 5.73 Å². The first kappa shape index (κ1) is 13.3. The standard InChI is InChI=1S/C17H18N2S/c1-12-7-9-13(10-8-12)15-11-16(20-17(18)19-15)14-5-3-2-4-6-14/h2-10,15-16H,11H2,1H3,(H2,18,19)/t15-,16+/m0/s1. The first-order valence-corrected chi connectivity index (χ1v) is 7.72. The van der Waals surface area contributed by atoms with Gasteiger partial charge in [0.1, 0.15) is 0 Å². The van der Waals surface area contributed by atoms with Gasteiger partial charge in [-0.2, -0.15) is 0 Å². The molecule has 0 amide bonds. The molecule has 0 aromatic heterocycles. The summed E-state index contributed by atoms with van der Waals surface area (Å²) in [7, 11) is 0. The monoisotopic (exact) mass is 282 g/mol. The van der Waals surface area contributed by atoms with Gasteiger partial charge in [0.05, 0.1) is 6.04 Å². The molecule has 2 N–H and O–H groups in total. The third kappa shape index (κ3) is 2.88. The maximum atomic E-state index is 6.03. The van der Waals surface area contributed by atoms with E-state index in [1.807, 2.05) is 6.07 Å². The summed E-state index contributed by atoms with van der Waals surface area (Å²) in [5.74, 6) is 0. The molecule has 3 rings (SSSR count). The number of rotatable bonds is 2. The Morgan fingerprint density at radius 2 is 1.70 bits per heavy atom. The van der Waals surface area contributed by atoms with Crippen molar-refractivity contribution in [2.45, 2.75) is 24.6 Å². The number of amidine groups is 1. The molecule has 1 heterocycles. The van der Waals surface area contributed by atoms with Crippen molar-refractivity contribution < 1.29 is 0 Å². The molecule has 102 valence electrons. The molecule has 2 atom stereocenters. The van der Waals surface area contributed by atoms with Crippen LogP contribution in [0, 0.1) is 6.92 Å². The summed E-state index contributed by atoms with van der Waals surface area (Å²) in [6, 6.07) is 19.3. The van der Waals surface area contributed by atoms with E-state index in [-0.39, 0.29) is 6.04 Å². The normalized spacial score (nSPS) is 22.4. The van der Waals surface area contributed by atoms with Gasteiger partial charge in [0.15, 0.2) is 5.17 Å². The Bertz CT molecular complexity index is 605. The fraction of sp³-hybridized carbons (Fsp3) is 0.235. The van der Waals surface area contributed by atoms with Crippen LogP contribution in [0.4, 0.5) is 0 Å². The molecule has 0 fully saturated rings. The van der Waals surface area contributed by atoms with Crippen molar-refractivity contribution in [2.75, 3.05) is 0 Å². The number of hydrogen-bond donors (Lipinski definition) is 1. The predicted octanol–water partition coefficient (Wildman–Crippen LogP) is 4.23. The average Bonchev–Trinajstić information content (AvgIpc) is 2.48. The van der Waals surface area contributed by atoms with Gasteiger partial charge in [-0.25, -0.2) is 0 Å². The van der Waals surface area contributed by atoms with E-state index in [9.17, 15) is 0 Å². The number of hydrogen-bond acceptors (Lipinski definition) is 3. The molecule has 0 spiro atoms. The lowest BCUT2D eigenvalue weighted by molar-refractivity contribution is 0.639. The minimum atomic E-state index is 0.169. The molecule has 0 bridgehead atoms. The summed E-state index contributed by atoms with van der Waals surface area (Å²) in [5.41, 5.74) is 9.88. The van der Waals surface area contributed by atoms with Gasteiger partial charge >= 0.3 is 0 Å². The van der Waals surface area contributed by atoms with E-state index in [0.29, 0.717) is 10.4 Å². The van der Waals surface area contributed by atoms with Gasteiger partial charge in [-0.15, -0.1) is 0 Å². The molecule has 1 aliphatic heterocycles. The lowest BCUT2D eigenvalue weighted by atomic mass is 9.98. The lowest BCUT2D eigenvalue weighted by Crippen LogP contribution is -2.18. The summed E-state index contributed by atoms with van der Waals surface area (Å²) in [5, 5.41) is 1.08. The number of thioether (sulfide) groups is 1. The topological polar surface area (TPSA) is 38.4 Å². The molecule has 3 heteroatoms. The highest BCUT2D eigenvalue weighted by molar-refractivity contribution is 8.14. The summed E-state index contributed by atoms with van der Waals surface area (Å²) in [4.78, 5) is 4.62. The van der Waals surface area contributed by atoms with E-state index < -0.39 is 0 Å². The van der Waals surface area contributed by atoms with Gasteiger partial charge < -0.3 is 5.73 Å². The fourth-order valence-corrected chi connectivity index (χ4v) is 3.56. The molecule has 2 aromatic rings. The SMILES string of the molecule is Cc1ccc([C@@H]2C[C@H](c3ccccc3)SC(N)=N2)cc1. The van der Waals surface area contributed by atoms with Crippen molar-refractivity contribution in [1.82, 2.24) is 0 Å². The number of nitrogens with two attached hydrogens (primary N) is 1. The number of benzene rings is 2. The van der Waals surface area contributed by atoms with Gasteiger partial charge in [0, 0.05) is 5.25 Å². The number of aliphatic imine (C=N–C) groups is 1. The summed E-state index contributed by atoms with van der Waals surface area (Å²) in [6.45, 7) is 2.10. The minimum absolute atomic E-state index is 0.169. The molecule has 1 aliphatic rings. The van der Waals surface area contributed by atoms with Crippen LogP contribution in [0.5, 0.6) is 0 Å². The van der Waals surface area contributed by atoms with Gasteiger partial charge in [-0.3, -0.25) is 4.99 Å². The molecule has 2 nitrogen and oxygen atoms in total. The Morgan fingerprint density at radius 3 is 2.40 bits per heavy atom. The number of aryl methyl sites for hydroxylation is 1. The molecule has 0 unspecified atom stereocenters. The first-order valence-electron chi connectivity index (χ1n) is 6.84. The van der Waals surface area contributed by atoms with Gasteiger partial charge in [0.2, 0.25) is 0 Å². The second-order valence-corrected chi connectivity index (χ2v) is 6.37. The highest BCUT2D eigenvalue weighted by atomic mass is 32.2. The quantitative estimate of drug-likeness (QED) is 0.895. The van der Waals surface area contributed by atoms with Crippen LogP contribution in [0.1, 0.15) is 34.4 Å². The molecule has 20 heavy (non-hydrogen) atoms. The van der Waals surface area contributed by atoms with Crippen molar-refractivity contribution in [1.29, 1.82) is 0 Å². The minimum Gasteiger partial charge on any atom is -0.379 e. The zero-order chi connectivity index (χ0) is 13.9. The Hall–Kier alpha value is -1.74. The second kappa shape index (κ2) is 5.71. The first-order chi connectivity index (χ1) is 9.72. The second-order valence-electron chi connectivity index (χ2n) is 5.15. The van der Waals surface area contributed by atoms with Gasteiger partial charge in [0.25, 0.3) is 0 Å². The molecule has 0 saturated heterocycles. The van der Waals surface area contributed by atoms with Crippen LogP contribution in [0.3, 0.4) is 0 Å². The summed E-state index contributed by atoms with van der Waals surface area (Å²) in [6.07, 6.45) is 0.998. The van der Waals surface area contributed by atoms with Crippen LogP contribution in [-0.2, 0) is 0 Å². The van der Waals surface area contributed by atoms with E-state index in [1.54, 1.807) is 11.8 Å². The zero-order valence-electron chi connectivity index (χ0n) is 11.5. The van der Waals surface area contributed by atoms with Crippen molar-refractivity contribution in [3.8, 4) is 0 Å². The Balaban J connectivity index is 1.86. The van der Waals surface area contributed by atoms with Crippen molar-refractivity contribution in [3.63, 3.8) is 0 Å². The Morgan fingerprint density at radius 1 is 1.00 bits per heavy atom. The molecule has 0 saturated carbocycles. The van der Waals surface area contributed by atoms with Crippen molar-refractivity contribution in [2.24, 2.45) is 10.7 Å². The van der Waals surface area contributed by atoms with Crippen LogP contribution in [0.15, 0.2) is 59.6 Å². The maximum absolute atomic E-state index is 6.03. The highest BCUT2D eigenvalue weighted by Gasteiger charge is 2.25. The zero-order valence-corrected chi connectivity index (χ0v) is 12.3. The third-order valence-corrected chi connectivity index (χ3v) is 4.71. The van der Waals surface area contributed by atoms with Crippen molar-refractivity contribution in [3.05, 3.63) is 71.3 Å². The molecule has 2 aromatic carbocycles.